The van der Waals surface area contributed by atoms with E-state index in [-0.39, 0.29) is 0 Å². The first-order valence-corrected chi connectivity index (χ1v) is 15.4. The van der Waals surface area contributed by atoms with Gasteiger partial charge in [0.25, 0.3) is 0 Å². The summed E-state index contributed by atoms with van der Waals surface area (Å²) in [5.41, 5.74) is 9.72. The van der Waals surface area contributed by atoms with Gasteiger partial charge in [0, 0.05) is 27.2 Å². The molecule has 0 N–H and O–H groups in total. The number of aryl methyl sites for hydroxylation is 2. The average molecular weight is 596 g/mol. The number of hydrogen-bond acceptors (Lipinski definition) is 4. The van der Waals surface area contributed by atoms with Crippen LogP contribution in [0, 0.1) is 20.8 Å². The summed E-state index contributed by atoms with van der Waals surface area (Å²) in [6.45, 7) is 10.6. The monoisotopic (exact) mass is 595 g/mol. The SMILES string of the molecule is C=Cc1c(C)c2ccccc2n1-c1nc(-n2c3ccccc3c3ccccc32)c2ncc(-n3c(C)c(C)c4ccccc43)nc2n1. The van der Waals surface area contributed by atoms with E-state index in [1.165, 1.54) is 10.9 Å². The Morgan fingerprint density at radius 2 is 1.09 bits per heavy atom. The van der Waals surface area contributed by atoms with Crippen molar-refractivity contribution < 1.29 is 0 Å². The maximum absolute atomic E-state index is 5.32. The van der Waals surface area contributed by atoms with Crippen molar-refractivity contribution >= 4 is 60.9 Å². The Kier molecular flexibility index (Phi) is 5.56. The van der Waals surface area contributed by atoms with Crippen molar-refractivity contribution in [2.24, 2.45) is 0 Å². The van der Waals surface area contributed by atoms with Crippen LogP contribution in [0.1, 0.15) is 22.5 Å². The number of para-hydroxylation sites is 4. The van der Waals surface area contributed by atoms with Gasteiger partial charge in [-0.3, -0.25) is 13.7 Å². The summed E-state index contributed by atoms with van der Waals surface area (Å²) >= 11 is 0. The van der Waals surface area contributed by atoms with E-state index in [4.69, 9.17) is 19.9 Å². The summed E-state index contributed by atoms with van der Waals surface area (Å²) in [5, 5.41) is 4.62. The van der Waals surface area contributed by atoms with Crippen LogP contribution in [0.3, 0.4) is 0 Å². The van der Waals surface area contributed by atoms with Crippen molar-refractivity contribution in [1.82, 2.24) is 33.6 Å². The number of fused-ring (bicyclic) bond motifs is 6. The molecule has 0 aliphatic heterocycles. The molecule has 7 heteroatoms. The van der Waals surface area contributed by atoms with Crippen molar-refractivity contribution in [3.05, 3.63) is 132 Å². The van der Waals surface area contributed by atoms with Gasteiger partial charge < -0.3 is 0 Å². The first-order valence-electron chi connectivity index (χ1n) is 15.4. The van der Waals surface area contributed by atoms with Gasteiger partial charge in [-0.15, -0.1) is 0 Å². The maximum Gasteiger partial charge on any atom is 0.238 e. The van der Waals surface area contributed by atoms with Crippen LogP contribution in [-0.2, 0) is 0 Å². The summed E-state index contributed by atoms with van der Waals surface area (Å²) in [4.78, 5) is 20.8. The van der Waals surface area contributed by atoms with E-state index in [1.54, 1.807) is 0 Å². The highest BCUT2D eigenvalue weighted by molar-refractivity contribution is 6.10. The van der Waals surface area contributed by atoms with Crippen LogP contribution < -0.4 is 0 Å². The number of aromatic nitrogens is 7. The van der Waals surface area contributed by atoms with E-state index >= 15 is 0 Å². The summed E-state index contributed by atoms with van der Waals surface area (Å²) < 4.78 is 6.45. The van der Waals surface area contributed by atoms with Gasteiger partial charge in [-0.2, -0.15) is 9.97 Å². The molecule has 0 amide bonds. The molecule has 0 aliphatic rings. The Morgan fingerprint density at radius 3 is 1.70 bits per heavy atom. The Balaban J connectivity index is 1.43. The zero-order chi connectivity index (χ0) is 31.1. The van der Waals surface area contributed by atoms with Crippen LogP contribution in [0.2, 0.25) is 0 Å². The highest BCUT2D eigenvalue weighted by Crippen LogP contribution is 2.35. The molecule has 0 spiro atoms. The van der Waals surface area contributed by atoms with Gasteiger partial charge in [0.2, 0.25) is 5.95 Å². The second-order valence-electron chi connectivity index (χ2n) is 11.7. The van der Waals surface area contributed by atoms with Gasteiger partial charge in [0.15, 0.2) is 22.8 Å². The number of rotatable bonds is 4. The van der Waals surface area contributed by atoms with Gasteiger partial charge in [-0.05, 0) is 62.2 Å². The number of benzene rings is 4. The first kappa shape index (κ1) is 26.3. The Bertz CT molecular complexity index is 2650. The van der Waals surface area contributed by atoms with Crippen molar-refractivity contribution in [2.75, 3.05) is 0 Å². The number of hydrogen-bond donors (Lipinski definition) is 0. The second kappa shape index (κ2) is 9.71. The lowest BCUT2D eigenvalue weighted by molar-refractivity contribution is 0.918. The molecular weight excluding hydrogens is 566 g/mol. The molecule has 5 heterocycles. The fourth-order valence-electron chi connectivity index (χ4n) is 7.09. The molecule has 0 fully saturated rings. The lowest BCUT2D eigenvalue weighted by Gasteiger charge is -2.15. The third kappa shape index (κ3) is 3.54. The molecular formula is C39H29N7. The highest BCUT2D eigenvalue weighted by atomic mass is 15.2. The molecule has 0 saturated carbocycles. The molecule has 0 aliphatic carbocycles. The zero-order valence-electron chi connectivity index (χ0n) is 25.7. The Morgan fingerprint density at radius 1 is 0.565 bits per heavy atom. The van der Waals surface area contributed by atoms with Crippen molar-refractivity contribution in [3.63, 3.8) is 0 Å². The minimum Gasteiger partial charge on any atom is -0.297 e. The van der Waals surface area contributed by atoms with Crippen LogP contribution in [0.15, 0.2) is 110 Å². The normalized spacial score (nSPS) is 11.9. The van der Waals surface area contributed by atoms with Crippen LogP contribution in [0.4, 0.5) is 0 Å². The summed E-state index contributed by atoms with van der Waals surface area (Å²) in [6.07, 6.45) is 3.72. The molecule has 0 saturated heterocycles. The number of nitrogens with zero attached hydrogens (tertiary/aromatic N) is 7. The van der Waals surface area contributed by atoms with Gasteiger partial charge in [-0.1, -0.05) is 79.4 Å². The van der Waals surface area contributed by atoms with E-state index in [2.05, 4.69) is 132 Å². The summed E-state index contributed by atoms with van der Waals surface area (Å²) in [5.74, 6) is 1.90. The van der Waals surface area contributed by atoms with Crippen molar-refractivity contribution in [3.8, 4) is 17.6 Å². The zero-order valence-corrected chi connectivity index (χ0v) is 25.7. The lowest BCUT2D eigenvalue weighted by atomic mass is 10.1. The predicted octanol–water partition coefficient (Wildman–Crippen LogP) is 8.97. The largest absolute Gasteiger partial charge is 0.297 e. The smallest absolute Gasteiger partial charge is 0.238 e. The molecule has 9 aromatic rings. The third-order valence-electron chi connectivity index (χ3n) is 9.38. The highest BCUT2D eigenvalue weighted by Gasteiger charge is 2.23. The topological polar surface area (TPSA) is 66.3 Å². The molecule has 46 heavy (non-hydrogen) atoms. The van der Waals surface area contributed by atoms with E-state index < -0.39 is 0 Å². The molecule has 0 radical (unpaired) electrons. The molecule has 0 unspecified atom stereocenters. The van der Waals surface area contributed by atoms with Crippen molar-refractivity contribution in [2.45, 2.75) is 20.8 Å². The molecule has 7 nitrogen and oxygen atoms in total. The van der Waals surface area contributed by atoms with Gasteiger partial charge in [0.1, 0.15) is 0 Å². The quantitative estimate of drug-likeness (QED) is 0.204. The summed E-state index contributed by atoms with van der Waals surface area (Å²) in [6, 6.07) is 33.6. The van der Waals surface area contributed by atoms with Crippen LogP contribution >= 0.6 is 0 Å². The Hall–Kier alpha value is -6.08. The predicted molar refractivity (Wildman–Crippen MR) is 187 cm³/mol. The van der Waals surface area contributed by atoms with Gasteiger partial charge in [0.05, 0.1) is 34.0 Å². The molecule has 5 aromatic heterocycles. The third-order valence-corrected chi connectivity index (χ3v) is 9.38. The lowest BCUT2D eigenvalue weighted by Crippen LogP contribution is -2.11. The van der Waals surface area contributed by atoms with Gasteiger partial charge in [-0.25, -0.2) is 9.97 Å². The van der Waals surface area contributed by atoms with Gasteiger partial charge >= 0.3 is 0 Å². The fourth-order valence-corrected chi connectivity index (χ4v) is 7.09. The van der Waals surface area contributed by atoms with E-state index in [0.717, 1.165) is 55.2 Å². The van der Waals surface area contributed by atoms with Crippen LogP contribution in [0.5, 0.6) is 0 Å². The first-order chi connectivity index (χ1) is 22.5. The summed E-state index contributed by atoms with van der Waals surface area (Å²) in [7, 11) is 0. The standard InChI is InChI=1S/C39H29N7/c1-5-30-24(3)27-15-7-11-19-32(27)46(30)39-42-37-36(40-22-35(41-37)44-25(4)23(2)26-14-6-10-18-31(26)44)38(43-39)45-33-20-12-8-16-28(33)29-17-9-13-21-34(29)45/h5-22H,1H2,2-4H3. The molecule has 0 atom stereocenters. The second-order valence-corrected chi connectivity index (χ2v) is 11.7. The molecule has 9 rings (SSSR count). The molecule has 220 valence electrons. The van der Waals surface area contributed by atoms with E-state index in [1.807, 2.05) is 18.3 Å². The maximum atomic E-state index is 5.32. The Labute approximate surface area is 264 Å². The minimum absolute atomic E-state index is 0.514. The van der Waals surface area contributed by atoms with E-state index in [9.17, 15) is 0 Å². The fraction of sp³-hybridized carbons (Fsp3) is 0.0769. The minimum atomic E-state index is 0.514. The van der Waals surface area contributed by atoms with Crippen LogP contribution in [-0.4, -0.2) is 33.6 Å². The average Bonchev–Trinajstić information content (AvgIpc) is 3.68. The van der Waals surface area contributed by atoms with Crippen molar-refractivity contribution in [1.29, 1.82) is 0 Å². The molecule has 4 aromatic carbocycles. The van der Waals surface area contributed by atoms with E-state index in [0.29, 0.717) is 28.7 Å². The molecule has 0 bridgehead atoms. The van der Waals surface area contributed by atoms with Crippen LogP contribution in [0.25, 0.3) is 78.4 Å².